The number of ether oxygens (including phenoxy) is 2. The third-order valence-corrected chi connectivity index (χ3v) is 7.29. The second kappa shape index (κ2) is 10.1. The Balaban J connectivity index is 1.95. The number of nitriles is 1. The van der Waals surface area contributed by atoms with Crippen molar-refractivity contribution in [1.82, 2.24) is 13.9 Å². The van der Waals surface area contributed by atoms with E-state index in [0.717, 1.165) is 28.6 Å². The molecule has 10 nitrogen and oxygen atoms in total. The van der Waals surface area contributed by atoms with Gasteiger partial charge in [-0.2, -0.15) is 14.6 Å². The molecule has 0 atom stereocenters. The van der Waals surface area contributed by atoms with E-state index in [4.69, 9.17) is 9.47 Å². The third kappa shape index (κ3) is 4.95. The molecule has 178 valence electrons. The van der Waals surface area contributed by atoms with E-state index in [2.05, 4.69) is 14.7 Å². The van der Waals surface area contributed by atoms with E-state index < -0.39 is 15.7 Å². The number of carbonyl (C=O) groups excluding carboxylic acids is 1. The van der Waals surface area contributed by atoms with Crippen molar-refractivity contribution in [2.45, 2.75) is 25.9 Å². The van der Waals surface area contributed by atoms with Crippen LogP contribution in [0.1, 0.15) is 23.9 Å². The number of amides is 1. The zero-order valence-corrected chi connectivity index (χ0v) is 20.9. The number of benzene rings is 1. The Bertz CT molecular complexity index is 1410. The molecule has 0 spiro atoms. The first-order valence-corrected chi connectivity index (χ1v) is 12.5. The first-order valence-electron chi connectivity index (χ1n) is 10.1. The Morgan fingerprint density at radius 1 is 1.26 bits per heavy atom. The van der Waals surface area contributed by atoms with Crippen molar-refractivity contribution in [3.05, 3.63) is 46.8 Å². The van der Waals surface area contributed by atoms with Gasteiger partial charge in [0.2, 0.25) is 15.0 Å². The largest absolute Gasteiger partial charge is 0.497 e. The van der Waals surface area contributed by atoms with Crippen LogP contribution >= 0.6 is 11.5 Å². The van der Waals surface area contributed by atoms with Crippen molar-refractivity contribution in [2.75, 3.05) is 25.3 Å². The molecule has 0 unspecified atom stereocenters. The standard InChI is InChI=1S/C22H23N5O5S2/c1-6-34(29,30)22-25-21(33-26-22)24-20(28)16(12-23)10-15-9-13(2)27(14(15)3)18-11-17(31-4)7-8-19(18)32-5/h7-11H,6H2,1-5H3,(H,24,25,26,28)/b16-10-. The van der Waals surface area contributed by atoms with Crippen LogP contribution in [0.4, 0.5) is 5.13 Å². The van der Waals surface area contributed by atoms with Gasteiger partial charge in [-0.25, -0.2) is 8.42 Å². The number of hydrogen-bond acceptors (Lipinski definition) is 9. The Morgan fingerprint density at radius 3 is 2.62 bits per heavy atom. The number of sulfone groups is 1. The van der Waals surface area contributed by atoms with Crippen LogP contribution in [0.15, 0.2) is 35.0 Å². The minimum atomic E-state index is -3.60. The van der Waals surface area contributed by atoms with Crippen LogP contribution in [-0.4, -0.2) is 48.2 Å². The quantitative estimate of drug-likeness (QED) is 0.367. The van der Waals surface area contributed by atoms with Gasteiger partial charge in [0, 0.05) is 29.0 Å². The first-order chi connectivity index (χ1) is 16.1. The summed E-state index contributed by atoms with van der Waals surface area (Å²) in [5.41, 5.74) is 2.86. The molecule has 1 amide bonds. The zero-order valence-electron chi connectivity index (χ0n) is 19.2. The molecule has 34 heavy (non-hydrogen) atoms. The lowest BCUT2D eigenvalue weighted by Gasteiger charge is -2.15. The number of aromatic nitrogens is 3. The van der Waals surface area contributed by atoms with Gasteiger partial charge in [-0.05, 0) is 43.7 Å². The van der Waals surface area contributed by atoms with Gasteiger partial charge in [0.1, 0.15) is 23.1 Å². The average molecular weight is 502 g/mol. The van der Waals surface area contributed by atoms with Crippen LogP contribution in [0.2, 0.25) is 0 Å². The van der Waals surface area contributed by atoms with Gasteiger partial charge in [-0.1, -0.05) is 6.92 Å². The van der Waals surface area contributed by atoms with E-state index in [0.29, 0.717) is 17.1 Å². The molecule has 3 aromatic rings. The van der Waals surface area contributed by atoms with Crippen molar-refractivity contribution in [3.8, 4) is 23.3 Å². The van der Waals surface area contributed by atoms with E-state index >= 15 is 0 Å². The van der Waals surface area contributed by atoms with Gasteiger partial charge < -0.3 is 14.0 Å². The lowest BCUT2D eigenvalue weighted by molar-refractivity contribution is -0.112. The molecule has 0 fully saturated rings. The molecule has 0 aliphatic rings. The van der Waals surface area contributed by atoms with Crippen LogP contribution in [0.25, 0.3) is 11.8 Å². The Hall–Kier alpha value is -3.69. The minimum absolute atomic E-state index is 0.00948. The number of carbonyl (C=O) groups is 1. The number of anilines is 1. The van der Waals surface area contributed by atoms with Crippen molar-refractivity contribution in [3.63, 3.8) is 0 Å². The lowest BCUT2D eigenvalue weighted by Crippen LogP contribution is -2.14. The van der Waals surface area contributed by atoms with Gasteiger partial charge in [0.05, 0.1) is 25.7 Å². The van der Waals surface area contributed by atoms with Crippen molar-refractivity contribution < 1.29 is 22.7 Å². The van der Waals surface area contributed by atoms with E-state index in [1.165, 1.54) is 13.0 Å². The first kappa shape index (κ1) is 24.9. The summed E-state index contributed by atoms with van der Waals surface area (Å²) in [6.07, 6.45) is 1.46. The van der Waals surface area contributed by atoms with Gasteiger partial charge in [-0.15, -0.1) is 0 Å². The summed E-state index contributed by atoms with van der Waals surface area (Å²) in [4.78, 5) is 16.5. The molecular formula is C22H23N5O5S2. The Kier molecular flexibility index (Phi) is 7.38. The maximum atomic E-state index is 12.7. The zero-order chi connectivity index (χ0) is 25.0. The summed E-state index contributed by atoms with van der Waals surface area (Å²) in [7, 11) is -0.450. The van der Waals surface area contributed by atoms with Crippen molar-refractivity contribution in [1.29, 1.82) is 5.26 Å². The van der Waals surface area contributed by atoms with Gasteiger partial charge in [-0.3, -0.25) is 10.1 Å². The predicted octanol–water partition coefficient (Wildman–Crippen LogP) is 3.30. The molecule has 0 radical (unpaired) electrons. The summed E-state index contributed by atoms with van der Waals surface area (Å²) in [6, 6.07) is 9.16. The topological polar surface area (TPSA) is 136 Å². The second-order valence-corrected chi connectivity index (χ2v) is 10.0. The third-order valence-electron chi connectivity index (χ3n) is 5.05. The molecule has 0 saturated carbocycles. The second-order valence-electron chi connectivity index (χ2n) is 7.11. The number of nitrogens with one attached hydrogen (secondary N) is 1. The summed E-state index contributed by atoms with van der Waals surface area (Å²) < 4.78 is 40.3. The maximum absolute atomic E-state index is 12.7. The molecule has 2 aromatic heterocycles. The van der Waals surface area contributed by atoms with Crippen molar-refractivity contribution >= 4 is 38.5 Å². The Labute approximate surface area is 201 Å². The monoisotopic (exact) mass is 501 g/mol. The number of hydrogen-bond donors (Lipinski definition) is 1. The van der Waals surface area contributed by atoms with Crippen LogP contribution < -0.4 is 14.8 Å². The highest BCUT2D eigenvalue weighted by molar-refractivity contribution is 7.91. The fraction of sp³-hybridized carbons (Fsp3) is 0.273. The molecule has 0 bridgehead atoms. The predicted molar refractivity (Wildman–Crippen MR) is 128 cm³/mol. The highest BCUT2D eigenvalue weighted by atomic mass is 32.2. The van der Waals surface area contributed by atoms with Gasteiger partial charge in [0.15, 0.2) is 0 Å². The molecule has 0 saturated heterocycles. The molecule has 3 rings (SSSR count). The number of aryl methyl sites for hydroxylation is 1. The minimum Gasteiger partial charge on any atom is -0.497 e. The van der Waals surface area contributed by atoms with E-state index in [-0.39, 0.29) is 21.6 Å². The highest BCUT2D eigenvalue weighted by Gasteiger charge is 2.21. The van der Waals surface area contributed by atoms with Gasteiger partial charge in [0.25, 0.3) is 11.1 Å². The van der Waals surface area contributed by atoms with E-state index in [1.807, 2.05) is 36.6 Å². The molecule has 0 aliphatic carbocycles. The normalized spacial score (nSPS) is 11.7. The van der Waals surface area contributed by atoms with Crippen LogP contribution in [0.5, 0.6) is 11.5 Å². The average Bonchev–Trinajstić information content (AvgIpc) is 3.41. The summed E-state index contributed by atoms with van der Waals surface area (Å²) >= 11 is 0.730. The molecular weight excluding hydrogens is 478 g/mol. The van der Waals surface area contributed by atoms with Crippen molar-refractivity contribution in [2.24, 2.45) is 0 Å². The highest BCUT2D eigenvalue weighted by Crippen LogP contribution is 2.32. The molecule has 1 N–H and O–H groups in total. The van der Waals surface area contributed by atoms with Crippen LogP contribution in [-0.2, 0) is 14.6 Å². The van der Waals surface area contributed by atoms with E-state index in [9.17, 15) is 18.5 Å². The molecule has 0 aliphatic heterocycles. The molecule has 2 heterocycles. The summed E-state index contributed by atoms with van der Waals surface area (Å²) in [6.45, 7) is 5.23. The number of methoxy groups -OCH3 is 2. The smallest absolute Gasteiger partial charge is 0.268 e. The lowest BCUT2D eigenvalue weighted by atomic mass is 10.1. The number of rotatable bonds is 8. The maximum Gasteiger partial charge on any atom is 0.268 e. The van der Waals surface area contributed by atoms with Crippen LogP contribution in [0.3, 0.4) is 0 Å². The summed E-state index contributed by atoms with van der Waals surface area (Å²) in [5, 5.41) is 11.7. The molecule has 12 heteroatoms. The SMILES string of the molecule is CCS(=O)(=O)c1nsc(NC(=O)/C(C#N)=C\c2cc(C)n(-c3cc(OC)ccc3OC)c2C)n1. The van der Waals surface area contributed by atoms with E-state index in [1.54, 1.807) is 26.4 Å². The summed E-state index contributed by atoms with van der Waals surface area (Å²) in [5.74, 6) is 0.404. The molecule has 1 aromatic carbocycles. The van der Waals surface area contributed by atoms with Gasteiger partial charge >= 0.3 is 0 Å². The fourth-order valence-corrected chi connectivity index (χ4v) is 4.84. The number of nitrogens with zero attached hydrogens (tertiary/aromatic N) is 4. The fourth-order valence-electron chi connectivity index (χ4n) is 3.26. The Morgan fingerprint density at radius 2 is 2.00 bits per heavy atom. The van der Waals surface area contributed by atoms with Crippen LogP contribution in [0, 0.1) is 25.2 Å².